The van der Waals surface area contributed by atoms with Crippen molar-refractivity contribution in [1.82, 2.24) is 4.90 Å². The van der Waals surface area contributed by atoms with E-state index in [1.54, 1.807) is 6.07 Å². The zero-order valence-electron chi connectivity index (χ0n) is 9.83. The number of ketones is 1. The first-order valence-corrected chi connectivity index (χ1v) is 6.87. The van der Waals surface area contributed by atoms with E-state index in [1.807, 2.05) is 18.2 Å². The molecule has 0 aromatic heterocycles. The second-order valence-corrected chi connectivity index (χ2v) is 5.58. The van der Waals surface area contributed by atoms with Crippen LogP contribution < -0.4 is 0 Å². The molecular weight excluding hydrogens is 269 g/mol. The first kappa shape index (κ1) is 12.1. The second kappa shape index (κ2) is 4.60. The van der Waals surface area contributed by atoms with Crippen LogP contribution in [0, 0.1) is 5.92 Å². The Bertz CT molecular complexity index is 531. The van der Waals surface area contributed by atoms with Crippen molar-refractivity contribution < 1.29 is 4.79 Å². The van der Waals surface area contributed by atoms with Crippen LogP contribution in [0.3, 0.4) is 0 Å². The quantitative estimate of drug-likeness (QED) is 0.733. The van der Waals surface area contributed by atoms with Crippen molar-refractivity contribution in [3.63, 3.8) is 0 Å². The van der Waals surface area contributed by atoms with Crippen LogP contribution in [-0.4, -0.2) is 23.8 Å². The number of piperidine rings is 3. The molecule has 2 nitrogen and oxygen atoms in total. The lowest BCUT2D eigenvalue weighted by Gasteiger charge is -2.41. The van der Waals surface area contributed by atoms with Gasteiger partial charge in [0.2, 0.25) is 0 Å². The van der Waals surface area contributed by atoms with Crippen molar-refractivity contribution >= 4 is 35.1 Å². The Morgan fingerprint density at radius 2 is 1.94 bits per heavy atom. The number of nitrogens with zero attached hydrogens (tertiary/aromatic N) is 1. The SMILES string of the molecule is O=C1/C(=C\c2cccc(Cl)c2Cl)N2CCC1CC2. The van der Waals surface area contributed by atoms with E-state index < -0.39 is 0 Å². The summed E-state index contributed by atoms with van der Waals surface area (Å²) in [7, 11) is 0. The first-order chi connectivity index (χ1) is 8.66. The highest BCUT2D eigenvalue weighted by atomic mass is 35.5. The molecule has 3 aliphatic rings. The minimum atomic E-state index is 0.208. The normalized spacial score (nSPS) is 22.0. The molecule has 1 aromatic rings. The first-order valence-electron chi connectivity index (χ1n) is 6.11. The van der Waals surface area contributed by atoms with Gasteiger partial charge in [-0.15, -0.1) is 0 Å². The Morgan fingerprint density at radius 1 is 1.22 bits per heavy atom. The molecule has 3 fully saturated rings. The van der Waals surface area contributed by atoms with Crippen LogP contribution in [0.2, 0.25) is 10.0 Å². The molecule has 3 saturated heterocycles. The minimum absolute atomic E-state index is 0.208. The maximum absolute atomic E-state index is 12.2. The van der Waals surface area contributed by atoms with Crippen molar-refractivity contribution in [2.45, 2.75) is 12.8 Å². The molecule has 0 unspecified atom stereocenters. The summed E-state index contributed by atoms with van der Waals surface area (Å²) >= 11 is 12.1. The molecule has 0 amide bonds. The van der Waals surface area contributed by atoms with Crippen molar-refractivity contribution in [2.24, 2.45) is 5.92 Å². The molecule has 3 aliphatic heterocycles. The van der Waals surface area contributed by atoms with Crippen molar-refractivity contribution in [3.05, 3.63) is 39.5 Å². The molecule has 3 heterocycles. The Hall–Kier alpha value is -0.990. The van der Waals surface area contributed by atoms with Gasteiger partial charge < -0.3 is 4.90 Å². The van der Waals surface area contributed by atoms with Gasteiger partial charge in [0, 0.05) is 19.0 Å². The van der Waals surface area contributed by atoms with E-state index in [1.165, 1.54) is 0 Å². The molecule has 94 valence electrons. The lowest BCUT2D eigenvalue weighted by Crippen LogP contribution is -2.45. The van der Waals surface area contributed by atoms with E-state index in [-0.39, 0.29) is 11.7 Å². The van der Waals surface area contributed by atoms with Crippen LogP contribution in [0.5, 0.6) is 0 Å². The van der Waals surface area contributed by atoms with Crippen LogP contribution in [0.25, 0.3) is 6.08 Å². The summed E-state index contributed by atoms with van der Waals surface area (Å²) < 4.78 is 0. The number of carbonyl (C=O) groups is 1. The number of fused-ring (bicyclic) bond motifs is 3. The highest BCUT2D eigenvalue weighted by Gasteiger charge is 2.36. The monoisotopic (exact) mass is 281 g/mol. The average molecular weight is 282 g/mol. The zero-order chi connectivity index (χ0) is 12.7. The highest BCUT2D eigenvalue weighted by Crippen LogP contribution is 2.34. The Morgan fingerprint density at radius 3 is 2.61 bits per heavy atom. The number of hydrogen-bond donors (Lipinski definition) is 0. The molecule has 0 spiro atoms. The van der Waals surface area contributed by atoms with Crippen molar-refractivity contribution in [1.29, 1.82) is 0 Å². The molecule has 0 aliphatic carbocycles. The Kier molecular flexibility index (Phi) is 3.08. The largest absolute Gasteiger partial charge is 0.369 e. The summed E-state index contributed by atoms with van der Waals surface area (Å²) in [5, 5.41) is 1.04. The summed E-state index contributed by atoms with van der Waals surface area (Å²) in [6, 6.07) is 5.49. The third-order valence-electron chi connectivity index (χ3n) is 3.73. The van der Waals surface area contributed by atoms with Gasteiger partial charge in [-0.05, 0) is 30.5 Å². The van der Waals surface area contributed by atoms with Crippen LogP contribution in [0.1, 0.15) is 18.4 Å². The van der Waals surface area contributed by atoms with Gasteiger partial charge in [-0.3, -0.25) is 4.79 Å². The van der Waals surface area contributed by atoms with Gasteiger partial charge in [-0.25, -0.2) is 0 Å². The van der Waals surface area contributed by atoms with Crippen LogP contribution in [-0.2, 0) is 4.79 Å². The molecule has 0 atom stereocenters. The molecule has 0 saturated carbocycles. The average Bonchev–Trinajstić information content (AvgIpc) is 2.39. The second-order valence-electron chi connectivity index (χ2n) is 4.80. The summed E-state index contributed by atoms with van der Waals surface area (Å²) in [5.41, 5.74) is 1.61. The van der Waals surface area contributed by atoms with Gasteiger partial charge in [0.1, 0.15) is 0 Å². The van der Waals surface area contributed by atoms with E-state index in [9.17, 15) is 4.79 Å². The van der Waals surface area contributed by atoms with E-state index in [4.69, 9.17) is 23.2 Å². The van der Waals surface area contributed by atoms with Crippen molar-refractivity contribution in [2.75, 3.05) is 13.1 Å². The molecular formula is C14H13Cl2NO. The Balaban J connectivity index is 2.01. The highest BCUT2D eigenvalue weighted by molar-refractivity contribution is 6.42. The van der Waals surface area contributed by atoms with Crippen LogP contribution in [0.15, 0.2) is 23.9 Å². The van der Waals surface area contributed by atoms with Crippen LogP contribution >= 0.6 is 23.2 Å². The predicted molar refractivity (Wildman–Crippen MR) is 73.7 cm³/mol. The number of carbonyl (C=O) groups excluding carboxylic acids is 1. The zero-order valence-corrected chi connectivity index (χ0v) is 11.3. The molecule has 18 heavy (non-hydrogen) atoms. The number of Topliss-reactive ketones (excluding diaryl/α,β-unsaturated/α-hetero) is 1. The lowest BCUT2D eigenvalue weighted by molar-refractivity contribution is -0.125. The summed E-state index contributed by atoms with van der Waals surface area (Å²) in [5.74, 6) is 0.461. The van der Waals surface area contributed by atoms with E-state index in [0.717, 1.165) is 37.2 Å². The maximum Gasteiger partial charge on any atom is 0.182 e. The van der Waals surface area contributed by atoms with Crippen molar-refractivity contribution in [3.8, 4) is 0 Å². The summed E-state index contributed by atoms with van der Waals surface area (Å²) in [4.78, 5) is 14.4. The van der Waals surface area contributed by atoms with Gasteiger partial charge >= 0.3 is 0 Å². The standard InChI is InChI=1S/C14H13Cl2NO/c15-11-3-1-2-10(13(11)16)8-12-14(18)9-4-6-17(12)7-5-9/h1-3,8-9H,4-7H2/b12-8+. The summed E-state index contributed by atoms with van der Waals surface area (Å²) in [6.45, 7) is 1.95. The molecule has 4 rings (SSSR count). The molecule has 0 N–H and O–H groups in total. The topological polar surface area (TPSA) is 20.3 Å². The maximum atomic E-state index is 12.2. The predicted octanol–water partition coefficient (Wildman–Crippen LogP) is 3.63. The lowest BCUT2D eigenvalue weighted by atomic mass is 9.84. The fourth-order valence-corrected chi connectivity index (χ4v) is 3.05. The number of rotatable bonds is 1. The van der Waals surface area contributed by atoms with Gasteiger partial charge in [-0.2, -0.15) is 0 Å². The minimum Gasteiger partial charge on any atom is -0.369 e. The Labute approximate surface area is 116 Å². The number of benzene rings is 1. The van der Waals surface area contributed by atoms with Gasteiger partial charge in [0.15, 0.2) is 5.78 Å². The fraction of sp³-hybridized carbons (Fsp3) is 0.357. The smallest absolute Gasteiger partial charge is 0.182 e. The number of halogens is 2. The van der Waals surface area contributed by atoms with Crippen LogP contribution in [0.4, 0.5) is 0 Å². The molecule has 4 heteroatoms. The molecule has 0 radical (unpaired) electrons. The van der Waals surface area contributed by atoms with Gasteiger partial charge in [-0.1, -0.05) is 35.3 Å². The third-order valence-corrected chi connectivity index (χ3v) is 4.57. The molecule has 2 bridgehead atoms. The van der Waals surface area contributed by atoms with Gasteiger partial charge in [0.05, 0.1) is 15.7 Å². The van der Waals surface area contributed by atoms with E-state index >= 15 is 0 Å². The third kappa shape index (κ3) is 1.94. The fourth-order valence-electron chi connectivity index (χ4n) is 2.69. The van der Waals surface area contributed by atoms with Gasteiger partial charge in [0.25, 0.3) is 0 Å². The van der Waals surface area contributed by atoms with E-state index in [0.29, 0.717) is 10.0 Å². The molecule has 1 aromatic carbocycles. The van der Waals surface area contributed by atoms with E-state index in [2.05, 4.69) is 4.90 Å². The number of hydrogen-bond acceptors (Lipinski definition) is 2. The number of allylic oxidation sites excluding steroid dienone is 1. The summed E-state index contributed by atoms with van der Waals surface area (Å²) in [6.07, 6.45) is 3.85.